The molecular formula is C16H19F3N4O. The minimum Gasteiger partial charge on any atom is -0.327 e. The zero-order chi connectivity index (χ0) is 18.1. The summed E-state index contributed by atoms with van der Waals surface area (Å²) < 4.78 is 39.9. The van der Waals surface area contributed by atoms with Crippen molar-refractivity contribution in [1.82, 2.24) is 9.78 Å². The highest BCUT2D eigenvalue weighted by Gasteiger charge is 2.30. The molecule has 1 amide bonds. The molecule has 1 aromatic carbocycles. The number of alkyl halides is 3. The number of hydrogen-bond acceptors (Lipinski definition) is 3. The average molecular weight is 340 g/mol. The lowest BCUT2D eigenvalue weighted by Gasteiger charge is -2.16. The van der Waals surface area contributed by atoms with Crippen LogP contribution in [0.15, 0.2) is 30.3 Å². The molecule has 3 N–H and O–H groups in total. The van der Waals surface area contributed by atoms with Gasteiger partial charge in [0, 0.05) is 12.1 Å². The highest BCUT2D eigenvalue weighted by atomic mass is 19.4. The Hall–Kier alpha value is -2.35. The van der Waals surface area contributed by atoms with Crippen LogP contribution in [0.5, 0.6) is 0 Å². The first-order valence-corrected chi connectivity index (χ1v) is 7.40. The van der Waals surface area contributed by atoms with Crippen molar-refractivity contribution in [2.45, 2.75) is 33.0 Å². The van der Waals surface area contributed by atoms with Gasteiger partial charge in [0.05, 0.1) is 22.9 Å². The molecule has 0 fully saturated rings. The van der Waals surface area contributed by atoms with Gasteiger partial charge in [0.1, 0.15) is 5.82 Å². The number of hydrogen-bond donors (Lipinski definition) is 2. The van der Waals surface area contributed by atoms with E-state index in [9.17, 15) is 18.0 Å². The van der Waals surface area contributed by atoms with E-state index in [-0.39, 0.29) is 17.6 Å². The van der Waals surface area contributed by atoms with Gasteiger partial charge in [-0.3, -0.25) is 4.79 Å². The predicted octanol–water partition coefficient (Wildman–Crippen LogP) is 3.12. The van der Waals surface area contributed by atoms with E-state index in [0.717, 1.165) is 12.1 Å². The maximum atomic E-state index is 12.9. The second-order valence-electron chi connectivity index (χ2n) is 5.77. The van der Waals surface area contributed by atoms with Crippen molar-refractivity contribution in [3.8, 4) is 5.69 Å². The van der Waals surface area contributed by atoms with Crippen LogP contribution in [-0.4, -0.2) is 21.7 Å². The van der Waals surface area contributed by atoms with Crippen LogP contribution in [0, 0.1) is 12.8 Å². The summed E-state index contributed by atoms with van der Waals surface area (Å²) in [6.45, 7) is 5.08. The highest BCUT2D eigenvalue weighted by Crippen LogP contribution is 2.31. The van der Waals surface area contributed by atoms with Crippen molar-refractivity contribution in [2.24, 2.45) is 11.7 Å². The molecule has 2 aromatic rings. The Morgan fingerprint density at radius 3 is 2.54 bits per heavy atom. The van der Waals surface area contributed by atoms with Crippen LogP contribution < -0.4 is 11.1 Å². The van der Waals surface area contributed by atoms with Gasteiger partial charge >= 0.3 is 6.18 Å². The van der Waals surface area contributed by atoms with Crippen molar-refractivity contribution < 1.29 is 18.0 Å². The summed E-state index contributed by atoms with van der Waals surface area (Å²) in [6, 6.07) is 5.99. The molecular weight excluding hydrogens is 321 g/mol. The molecule has 1 aromatic heterocycles. The van der Waals surface area contributed by atoms with Gasteiger partial charge in [0.25, 0.3) is 0 Å². The number of aryl methyl sites for hydroxylation is 1. The Balaban J connectivity index is 2.38. The van der Waals surface area contributed by atoms with E-state index in [0.29, 0.717) is 11.5 Å². The number of carbonyl (C=O) groups is 1. The summed E-state index contributed by atoms with van der Waals surface area (Å²) in [4.78, 5) is 12.2. The van der Waals surface area contributed by atoms with Crippen LogP contribution >= 0.6 is 0 Å². The smallest absolute Gasteiger partial charge is 0.327 e. The zero-order valence-electron chi connectivity index (χ0n) is 13.6. The zero-order valence-corrected chi connectivity index (χ0v) is 13.6. The summed E-state index contributed by atoms with van der Waals surface area (Å²) >= 11 is 0. The number of amides is 1. The Labute approximate surface area is 137 Å². The summed E-state index contributed by atoms with van der Waals surface area (Å²) in [5.41, 5.74) is 5.70. The molecule has 2 atom stereocenters. The number of rotatable bonds is 4. The summed E-state index contributed by atoms with van der Waals surface area (Å²) in [5.74, 6) is -0.474. The molecule has 2 rings (SSSR count). The van der Waals surface area contributed by atoms with Gasteiger partial charge in [-0.2, -0.15) is 18.3 Å². The number of nitrogens with one attached hydrogen (secondary N) is 1. The molecule has 0 aliphatic rings. The second-order valence-corrected chi connectivity index (χ2v) is 5.77. The minimum absolute atomic E-state index is 0.210. The topological polar surface area (TPSA) is 72.9 Å². The van der Waals surface area contributed by atoms with Crippen LogP contribution in [0.2, 0.25) is 0 Å². The van der Waals surface area contributed by atoms with Crippen molar-refractivity contribution in [1.29, 1.82) is 0 Å². The maximum absolute atomic E-state index is 12.9. The molecule has 0 radical (unpaired) electrons. The highest BCUT2D eigenvalue weighted by molar-refractivity contribution is 5.92. The third-order valence-corrected chi connectivity index (χ3v) is 3.70. The third kappa shape index (κ3) is 3.94. The third-order valence-electron chi connectivity index (χ3n) is 3.70. The van der Waals surface area contributed by atoms with E-state index in [2.05, 4.69) is 10.4 Å². The summed E-state index contributed by atoms with van der Waals surface area (Å²) in [6.07, 6.45) is -4.45. The number of carbonyl (C=O) groups excluding carboxylic acids is 1. The number of anilines is 1. The van der Waals surface area contributed by atoms with Gasteiger partial charge in [0.2, 0.25) is 5.91 Å². The van der Waals surface area contributed by atoms with Crippen molar-refractivity contribution in [2.75, 3.05) is 5.32 Å². The first kappa shape index (κ1) is 18.0. The fourth-order valence-electron chi connectivity index (χ4n) is 2.08. The molecule has 0 aliphatic carbocycles. The normalized spacial score (nSPS) is 14.3. The van der Waals surface area contributed by atoms with Gasteiger partial charge in [-0.05, 0) is 32.0 Å². The molecule has 0 saturated heterocycles. The lowest BCUT2D eigenvalue weighted by atomic mass is 10.0. The number of aromatic nitrogens is 2. The van der Waals surface area contributed by atoms with E-state index in [1.165, 1.54) is 16.8 Å². The fraction of sp³-hybridized carbons (Fsp3) is 0.375. The fourth-order valence-corrected chi connectivity index (χ4v) is 2.08. The Morgan fingerprint density at radius 1 is 1.29 bits per heavy atom. The van der Waals surface area contributed by atoms with E-state index in [4.69, 9.17) is 5.73 Å². The van der Waals surface area contributed by atoms with Crippen molar-refractivity contribution in [3.05, 3.63) is 41.6 Å². The van der Waals surface area contributed by atoms with Crippen molar-refractivity contribution >= 4 is 11.7 Å². The average Bonchev–Trinajstić information content (AvgIpc) is 2.86. The predicted molar refractivity (Wildman–Crippen MR) is 84.7 cm³/mol. The lowest BCUT2D eigenvalue weighted by Crippen LogP contribution is -2.34. The molecule has 0 aliphatic heterocycles. The SMILES string of the molecule is Cc1cc(NC(=O)C(C)C(C)N)n(-c2cccc(C(F)(F)F)c2)n1. The number of nitrogens with zero attached hydrogens (tertiary/aromatic N) is 2. The van der Waals surface area contributed by atoms with E-state index >= 15 is 0 Å². The van der Waals surface area contributed by atoms with Gasteiger partial charge in [-0.15, -0.1) is 0 Å². The maximum Gasteiger partial charge on any atom is 0.416 e. The molecule has 8 heteroatoms. The van der Waals surface area contributed by atoms with Crippen LogP contribution in [0.25, 0.3) is 5.69 Å². The standard InChI is InChI=1S/C16H19F3N4O/c1-9-7-14(21-15(24)10(2)11(3)20)23(22-9)13-6-4-5-12(8-13)16(17,18)19/h4-8,10-11H,20H2,1-3H3,(H,21,24). The van der Waals surface area contributed by atoms with Crippen LogP contribution in [-0.2, 0) is 11.0 Å². The molecule has 2 unspecified atom stereocenters. The van der Waals surface area contributed by atoms with Crippen LogP contribution in [0.3, 0.4) is 0 Å². The molecule has 0 bridgehead atoms. The minimum atomic E-state index is -4.45. The molecule has 5 nitrogen and oxygen atoms in total. The number of halogens is 3. The largest absolute Gasteiger partial charge is 0.416 e. The first-order chi connectivity index (χ1) is 11.1. The second kappa shape index (κ2) is 6.64. The Kier molecular flexibility index (Phi) is 4.98. The summed E-state index contributed by atoms with van der Waals surface area (Å²) in [7, 11) is 0. The summed E-state index contributed by atoms with van der Waals surface area (Å²) in [5, 5.41) is 6.83. The van der Waals surface area contributed by atoms with Gasteiger partial charge in [-0.25, -0.2) is 4.68 Å². The van der Waals surface area contributed by atoms with E-state index in [1.54, 1.807) is 26.8 Å². The molecule has 130 valence electrons. The number of benzene rings is 1. The Morgan fingerprint density at radius 2 is 1.96 bits per heavy atom. The Bertz CT molecular complexity index is 737. The van der Waals surface area contributed by atoms with Gasteiger partial charge in [-0.1, -0.05) is 13.0 Å². The van der Waals surface area contributed by atoms with E-state index in [1.807, 2.05) is 0 Å². The quantitative estimate of drug-likeness (QED) is 0.898. The number of nitrogens with two attached hydrogens (primary N) is 1. The van der Waals surface area contributed by atoms with Gasteiger partial charge < -0.3 is 11.1 Å². The van der Waals surface area contributed by atoms with Crippen LogP contribution in [0.1, 0.15) is 25.1 Å². The molecule has 24 heavy (non-hydrogen) atoms. The van der Waals surface area contributed by atoms with Crippen LogP contribution in [0.4, 0.5) is 19.0 Å². The molecule has 1 heterocycles. The molecule has 0 saturated carbocycles. The van der Waals surface area contributed by atoms with E-state index < -0.39 is 17.7 Å². The monoisotopic (exact) mass is 340 g/mol. The van der Waals surface area contributed by atoms with Crippen molar-refractivity contribution in [3.63, 3.8) is 0 Å². The first-order valence-electron chi connectivity index (χ1n) is 7.40. The van der Waals surface area contributed by atoms with Gasteiger partial charge in [0.15, 0.2) is 0 Å². The lowest BCUT2D eigenvalue weighted by molar-refractivity contribution is -0.137. The molecule has 0 spiro atoms.